The van der Waals surface area contributed by atoms with Crippen LogP contribution in [0, 0.1) is 0 Å². The van der Waals surface area contributed by atoms with Gasteiger partial charge >= 0.3 is 0 Å². The first kappa shape index (κ1) is 16.0. The van der Waals surface area contributed by atoms with Crippen molar-refractivity contribution >= 4 is 17.2 Å². The average molecular weight is 331 g/mol. The van der Waals surface area contributed by atoms with E-state index in [0.717, 1.165) is 42.3 Å². The molecule has 1 aliphatic heterocycles. The van der Waals surface area contributed by atoms with Gasteiger partial charge in [-0.05, 0) is 43.6 Å². The Balaban J connectivity index is 1.58. The van der Waals surface area contributed by atoms with Gasteiger partial charge in [0.15, 0.2) is 0 Å². The highest BCUT2D eigenvalue weighted by Crippen LogP contribution is 2.27. The van der Waals surface area contributed by atoms with Crippen LogP contribution < -0.4 is 15.4 Å². The summed E-state index contributed by atoms with van der Waals surface area (Å²) in [4.78, 5) is 16.8. The summed E-state index contributed by atoms with van der Waals surface area (Å²) in [5, 5.41) is 9.21. The number of nitrogens with one attached hydrogen (secondary N) is 2. The summed E-state index contributed by atoms with van der Waals surface area (Å²) in [5.41, 5.74) is 1.53. The van der Waals surface area contributed by atoms with Gasteiger partial charge in [-0.2, -0.15) is 0 Å². The lowest BCUT2D eigenvalue weighted by Gasteiger charge is -2.20. The Morgan fingerprint density at radius 1 is 1.43 bits per heavy atom. The van der Waals surface area contributed by atoms with Crippen molar-refractivity contribution in [3.8, 4) is 5.75 Å². The molecule has 0 bridgehead atoms. The van der Waals surface area contributed by atoms with E-state index in [2.05, 4.69) is 15.6 Å². The van der Waals surface area contributed by atoms with Crippen molar-refractivity contribution in [1.29, 1.82) is 0 Å². The molecule has 1 aromatic carbocycles. The fraction of sp³-hybridized carbons (Fsp3) is 0.412. The molecule has 6 heteroatoms. The van der Waals surface area contributed by atoms with Crippen molar-refractivity contribution in [2.75, 3.05) is 20.2 Å². The number of hydrogen-bond donors (Lipinski definition) is 2. The van der Waals surface area contributed by atoms with Crippen molar-refractivity contribution in [3.05, 3.63) is 45.9 Å². The number of aromatic nitrogens is 1. The molecular formula is C17H21N3O2S. The maximum atomic E-state index is 12.3. The maximum Gasteiger partial charge on any atom is 0.271 e. The minimum atomic E-state index is -0.121. The van der Waals surface area contributed by atoms with Gasteiger partial charge in [-0.15, -0.1) is 11.3 Å². The fourth-order valence-corrected chi connectivity index (χ4v) is 3.67. The first-order chi connectivity index (χ1) is 11.3. The second-order valence-electron chi connectivity index (χ2n) is 5.63. The lowest BCUT2D eigenvalue weighted by molar-refractivity contribution is 0.0946. The smallest absolute Gasteiger partial charge is 0.271 e. The third-order valence-electron chi connectivity index (χ3n) is 4.03. The maximum absolute atomic E-state index is 12.3. The van der Waals surface area contributed by atoms with E-state index in [1.807, 2.05) is 29.6 Å². The molecule has 2 heterocycles. The fourth-order valence-electron chi connectivity index (χ4n) is 2.70. The average Bonchev–Trinajstić information content (AvgIpc) is 3.11. The summed E-state index contributed by atoms with van der Waals surface area (Å²) in [5.74, 6) is 1.16. The van der Waals surface area contributed by atoms with Crippen LogP contribution in [-0.2, 0) is 6.54 Å². The molecule has 23 heavy (non-hydrogen) atoms. The topological polar surface area (TPSA) is 63.2 Å². The Hall–Kier alpha value is -1.92. The normalized spacial score (nSPS) is 15.3. The monoisotopic (exact) mass is 331 g/mol. The van der Waals surface area contributed by atoms with Crippen LogP contribution in [0.5, 0.6) is 5.75 Å². The summed E-state index contributed by atoms with van der Waals surface area (Å²) in [6, 6.07) is 7.68. The summed E-state index contributed by atoms with van der Waals surface area (Å²) in [6.45, 7) is 2.53. The molecule has 122 valence electrons. The molecule has 1 amide bonds. The van der Waals surface area contributed by atoms with Gasteiger partial charge < -0.3 is 15.4 Å². The van der Waals surface area contributed by atoms with Gasteiger partial charge in [-0.25, -0.2) is 4.98 Å². The van der Waals surface area contributed by atoms with Gasteiger partial charge in [-0.1, -0.05) is 12.1 Å². The molecule has 3 rings (SSSR count). The number of methoxy groups -OCH3 is 1. The number of carbonyl (C=O) groups excluding carboxylic acids is 1. The molecule has 0 radical (unpaired) electrons. The molecule has 1 saturated heterocycles. The van der Waals surface area contributed by atoms with E-state index in [1.54, 1.807) is 18.4 Å². The Bertz CT molecular complexity index is 665. The number of rotatable bonds is 5. The van der Waals surface area contributed by atoms with E-state index in [0.29, 0.717) is 18.2 Å². The van der Waals surface area contributed by atoms with E-state index in [-0.39, 0.29) is 5.91 Å². The molecule has 2 N–H and O–H groups in total. The molecule has 0 saturated carbocycles. The van der Waals surface area contributed by atoms with Crippen LogP contribution >= 0.6 is 11.3 Å². The third kappa shape index (κ3) is 4.09. The van der Waals surface area contributed by atoms with Gasteiger partial charge in [0.2, 0.25) is 0 Å². The molecule has 0 unspecified atom stereocenters. The lowest BCUT2D eigenvalue weighted by Crippen LogP contribution is -2.27. The molecule has 0 spiro atoms. The van der Waals surface area contributed by atoms with Crippen molar-refractivity contribution in [2.24, 2.45) is 0 Å². The highest BCUT2D eigenvalue weighted by Gasteiger charge is 2.20. The van der Waals surface area contributed by atoms with Gasteiger partial charge in [0.25, 0.3) is 5.91 Å². The first-order valence-corrected chi connectivity index (χ1v) is 8.71. The van der Waals surface area contributed by atoms with Crippen LogP contribution in [0.25, 0.3) is 0 Å². The highest BCUT2D eigenvalue weighted by atomic mass is 32.1. The van der Waals surface area contributed by atoms with Crippen LogP contribution in [0.3, 0.4) is 0 Å². The van der Waals surface area contributed by atoms with E-state index >= 15 is 0 Å². The summed E-state index contributed by atoms with van der Waals surface area (Å²) >= 11 is 1.59. The standard InChI is InChI=1S/C17H21N3O2S/c1-22-14-4-2-3-12(9-14)10-19-16(21)15-11-23-17(20-15)13-5-7-18-8-6-13/h2-4,9,11,13,18H,5-8,10H2,1H3,(H,19,21). The van der Waals surface area contributed by atoms with Gasteiger partial charge in [0.05, 0.1) is 12.1 Å². The number of piperidine rings is 1. The Morgan fingerprint density at radius 3 is 3.04 bits per heavy atom. The van der Waals surface area contributed by atoms with Crippen molar-refractivity contribution in [3.63, 3.8) is 0 Å². The van der Waals surface area contributed by atoms with Gasteiger partial charge in [0, 0.05) is 17.8 Å². The van der Waals surface area contributed by atoms with Crippen LogP contribution in [0.4, 0.5) is 0 Å². The molecular weight excluding hydrogens is 310 g/mol. The second kappa shape index (κ2) is 7.57. The van der Waals surface area contributed by atoms with Crippen molar-refractivity contribution < 1.29 is 9.53 Å². The predicted octanol–water partition coefficient (Wildman–Crippen LogP) is 2.55. The molecule has 1 aromatic heterocycles. The van der Waals surface area contributed by atoms with E-state index in [1.165, 1.54) is 0 Å². The summed E-state index contributed by atoms with van der Waals surface area (Å²) in [7, 11) is 1.63. The number of amides is 1. The molecule has 5 nitrogen and oxygen atoms in total. The number of hydrogen-bond acceptors (Lipinski definition) is 5. The zero-order valence-corrected chi connectivity index (χ0v) is 14.0. The van der Waals surface area contributed by atoms with Crippen LogP contribution in [0.2, 0.25) is 0 Å². The summed E-state index contributed by atoms with van der Waals surface area (Å²) < 4.78 is 5.19. The minimum absolute atomic E-state index is 0.121. The van der Waals surface area contributed by atoms with Crippen molar-refractivity contribution in [1.82, 2.24) is 15.6 Å². The van der Waals surface area contributed by atoms with Crippen LogP contribution in [0.1, 0.15) is 39.8 Å². The van der Waals surface area contributed by atoms with Crippen LogP contribution in [-0.4, -0.2) is 31.1 Å². The second-order valence-corrected chi connectivity index (χ2v) is 6.52. The van der Waals surface area contributed by atoms with Crippen LogP contribution in [0.15, 0.2) is 29.6 Å². The number of nitrogens with zero attached hydrogens (tertiary/aromatic N) is 1. The molecule has 0 aliphatic carbocycles. The van der Waals surface area contributed by atoms with E-state index in [4.69, 9.17) is 4.74 Å². The predicted molar refractivity (Wildman–Crippen MR) is 91.1 cm³/mol. The Morgan fingerprint density at radius 2 is 2.26 bits per heavy atom. The Kier molecular flexibility index (Phi) is 5.25. The first-order valence-electron chi connectivity index (χ1n) is 7.83. The molecule has 0 atom stereocenters. The zero-order chi connectivity index (χ0) is 16.1. The molecule has 1 aliphatic rings. The highest BCUT2D eigenvalue weighted by molar-refractivity contribution is 7.09. The largest absolute Gasteiger partial charge is 0.497 e. The van der Waals surface area contributed by atoms with Crippen molar-refractivity contribution in [2.45, 2.75) is 25.3 Å². The van der Waals surface area contributed by atoms with E-state index in [9.17, 15) is 4.79 Å². The molecule has 1 fully saturated rings. The number of ether oxygens (including phenoxy) is 1. The van der Waals surface area contributed by atoms with Gasteiger partial charge in [0.1, 0.15) is 11.4 Å². The van der Waals surface area contributed by atoms with Gasteiger partial charge in [-0.3, -0.25) is 4.79 Å². The number of benzene rings is 1. The Labute approximate surface area is 140 Å². The SMILES string of the molecule is COc1cccc(CNC(=O)c2csc(C3CCNCC3)n2)c1. The zero-order valence-electron chi connectivity index (χ0n) is 13.2. The van der Waals surface area contributed by atoms with E-state index < -0.39 is 0 Å². The number of thiazole rings is 1. The summed E-state index contributed by atoms with van der Waals surface area (Å²) in [6.07, 6.45) is 2.19. The number of carbonyl (C=O) groups is 1. The molecule has 2 aromatic rings. The third-order valence-corrected chi connectivity index (χ3v) is 5.04. The minimum Gasteiger partial charge on any atom is -0.497 e. The lowest BCUT2D eigenvalue weighted by atomic mass is 9.99. The quantitative estimate of drug-likeness (QED) is 0.884.